The molecule has 2 aromatic heterocycles. The number of fused-ring (bicyclic) bond motifs is 1. The zero-order chi connectivity index (χ0) is 25.2. The van der Waals surface area contributed by atoms with Crippen LogP contribution in [0, 0.1) is 19.7 Å². The lowest BCUT2D eigenvalue weighted by Gasteiger charge is -2.39. The van der Waals surface area contributed by atoms with Gasteiger partial charge in [0.25, 0.3) is 5.56 Å². The number of piperazine rings is 1. The number of hydrogen-bond acceptors (Lipinski definition) is 7. The molecule has 1 atom stereocenters. The summed E-state index contributed by atoms with van der Waals surface area (Å²) in [4.78, 5) is 21.0. The first-order valence-electron chi connectivity index (χ1n) is 12.1. The molecule has 36 heavy (non-hydrogen) atoms. The molecule has 10 heteroatoms. The van der Waals surface area contributed by atoms with Crippen molar-refractivity contribution in [2.75, 3.05) is 44.8 Å². The molecule has 3 heterocycles. The van der Waals surface area contributed by atoms with Crippen LogP contribution in [0.5, 0.6) is 0 Å². The Balaban J connectivity index is 1.52. The van der Waals surface area contributed by atoms with E-state index < -0.39 is 6.04 Å². The van der Waals surface area contributed by atoms with Gasteiger partial charge < -0.3 is 14.6 Å². The highest BCUT2D eigenvalue weighted by molar-refractivity contribution is 5.81. The average Bonchev–Trinajstić information content (AvgIpc) is 3.33. The third-order valence-electron chi connectivity index (χ3n) is 6.96. The number of tetrazole rings is 1. The number of benzene rings is 2. The van der Waals surface area contributed by atoms with Crippen LogP contribution in [0.2, 0.25) is 0 Å². The van der Waals surface area contributed by atoms with Crippen LogP contribution in [0.3, 0.4) is 0 Å². The molecule has 0 bridgehead atoms. The number of aromatic nitrogens is 5. The van der Waals surface area contributed by atoms with E-state index in [4.69, 9.17) is 4.74 Å². The van der Waals surface area contributed by atoms with Crippen molar-refractivity contribution in [3.05, 3.63) is 81.2 Å². The first-order chi connectivity index (χ1) is 17.4. The summed E-state index contributed by atoms with van der Waals surface area (Å²) < 4.78 is 20.4. The minimum Gasteiger partial charge on any atom is -0.383 e. The van der Waals surface area contributed by atoms with E-state index in [9.17, 15) is 9.18 Å². The van der Waals surface area contributed by atoms with Gasteiger partial charge >= 0.3 is 0 Å². The number of nitrogens with zero attached hydrogens (tertiary/aromatic N) is 6. The van der Waals surface area contributed by atoms with Crippen molar-refractivity contribution in [3.63, 3.8) is 0 Å². The van der Waals surface area contributed by atoms with Crippen LogP contribution in [0.15, 0.2) is 47.3 Å². The van der Waals surface area contributed by atoms with E-state index in [1.807, 2.05) is 19.1 Å². The fourth-order valence-corrected chi connectivity index (χ4v) is 4.83. The second-order valence-electron chi connectivity index (χ2n) is 9.23. The largest absolute Gasteiger partial charge is 0.383 e. The molecule has 0 amide bonds. The summed E-state index contributed by atoms with van der Waals surface area (Å²) in [7, 11) is 1.63. The summed E-state index contributed by atoms with van der Waals surface area (Å²) in [6, 6.07) is 12.2. The summed E-state index contributed by atoms with van der Waals surface area (Å²) >= 11 is 0. The summed E-state index contributed by atoms with van der Waals surface area (Å²) in [6.07, 6.45) is 0. The lowest BCUT2D eigenvalue weighted by Crippen LogP contribution is -2.49. The average molecular weight is 492 g/mol. The monoisotopic (exact) mass is 491 g/mol. The van der Waals surface area contributed by atoms with Gasteiger partial charge in [0.2, 0.25) is 0 Å². The van der Waals surface area contributed by atoms with Gasteiger partial charge in [-0.2, -0.15) is 0 Å². The maximum Gasteiger partial charge on any atom is 0.253 e. The minimum absolute atomic E-state index is 0.155. The van der Waals surface area contributed by atoms with Crippen molar-refractivity contribution in [2.24, 2.45) is 0 Å². The summed E-state index contributed by atoms with van der Waals surface area (Å²) in [5.74, 6) is 0.359. The number of ether oxygens (including phenoxy) is 1. The van der Waals surface area contributed by atoms with Crippen LogP contribution in [-0.2, 0) is 11.3 Å². The van der Waals surface area contributed by atoms with E-state index in [1.165, 1.54) is 12.1 Å². The van der Waals surface area contributed by atoms with E-state index in [2.05, 4.69) is 43.3 Å². The smallest absolute Gasteiger partial charge is 0.253 e. The number of nitrogens with one attached hydrogen (secondary N) is 1. The van der Waals surface area contributed by atoms with Crippen molar-refractivity contribution < 1.29 is 9.13 Å². The molecule has 0 aliphatic carbocycles. The van der Waals surface area contributed by atoms with Crippen LogP contribution < -0.4 is 10.5 Å². The van der Waals surface area contributed by atoms with E-state index in [-0.39, 0.29) is 11.4 Å². The Hall–Kier alpha value is -3.63. The van der Waals surface area contributed by atoms with Gasteiger partial charge in [-0.15, -0.1) is 5.10 Å². The predicted octanol–water partition coefficient (Wildman–Crippen LogP) is 2.83. The van der Waals surface area contributed by atoms with E-state index >= 15 is 0 Å². The van der Waals surface area contributed by atoms with Gasteiger partial charge in [0.1, 0.15) is 11.9 Å². The first kappa shape index (κ1) is 24.1. The molecule has 2 aromatic carbocycles. The Kier molecular flexibility index (Phi) is 6.80. The molecule has 5 rings (SSSR count). The number of aryl methyl sites for hydroxylation is 2. The highest BCUT2D eigenvalue weighted by Gasteiger charge is 2.32. The molecule has 0 unspecified atom stereocenters. The Morgan fingerprint density at radius 3 is 2.50 bits per heavy atom. The molecule has 0 spiro atoms. The Labute approximate surface area is 208 Å². The van der Waals surface area contributed by atoms with E-state index in [0.717, 1.165) is 40.8 Å². The second-order valence-corrected chi connectivity index (χ2v) is 9.23. The first-order valence-corrected chi connectivity index (χ1v) is 12.1. The molecule has 0 saturated carbocycles. The standard InChI is InChI=1S/C26H30FN7O2/c1-17-14-19-16-22(26(35)28-23(19)15-18(17)2)24(25-29-30-31-34(25)12-13-36-3)33-10-8-32(9-11-33)21-6-4-20(27)5-7-21/h4-7,14-16,24H,8-13H2,1-3H3,(H,28,35)/t24-/m1/s1. The van der Waals surface area contributed by atoms with E-state index in [1.54, 1.807) is 23.9 Å². The zero-order valence-corrected chi connectivity index (χ0v) is 20.7. The summed E-state index contributed by atoms with van der Waals surface area (Å²) in [6.45, 7) is 7.86. The van der Waals surface area contributed by atoms with Crippen LogP contribution in [0.1, 0.15) is 28.6 Å². The fourth-order valence-electron chi connectivity index (χ4n) is 4.83. The van der Waals surface area contributed by atoms with Gasteiger partial charge in [0, 0.05) is 50.1 Å². The molecule has 9 nitrogen and oxygen atoms in total. The highest BCUT2D eigenvalue weighted by Crippen LogP contribution is 2.29. The topological polar surface area (TPSA) is 92.2 Å². The molecular weight excluding hydrogens is 461 g/mol. The van der Waals surface area contributed by atoms with Crippen molar-refractivity contribution in [1.29, 1.82) is 0 Å². The van der Waals surface area contributed by atoms with Gasteiger partial charge in [-0.05, 0) is 83.3 Å². The van der Waals surface area contributed by atoms with Gasteiger partial charge in [-0.3, -0.25) is 9.69 Å². The number of aromatic amines is 1. The molecule has 188 valence electrons. The molecule has 4 aromatic rings. The van der Waals surface area contributed by atoms with Crippen LogP contribution in [-0.4, -0.2) is 70.0 Å². The van der Waals surface area contributed by atoms with Gasteiger partial charge in [-0.1, -0.05) is 0 Å². The minimum atomic E-state index is -0.429. The zero-order valence-electron chi connectivity index (χ0n) is 20.7. The fraction of sp³-hybridized carbons (Fsp3) is 0.385. The number of H-pyrrole nitrogens is 1. The number of anilines is 1. The lowest BCUT2D eigenvalue weighted by atomic mass is 10.00. The van der Waals surface area contributed by atoms with Crippen LogP contribution >= 0.6 is 0 Å². The van der Waals surface area contributed by atoms with Crippen molar-refractivity contribution in [2.45, 2.75) is 26.4 Å². The van der Waals surface area contributed by atoms with Crippen molar-refractivity contribution in [3.8, 4) is 0 Å². The molecule has 0 radical (unpaired) electrons. The maximum absolute atomic E-state index is 13.4. The molecule has 1 aliphatic rings. The quantitative estimate of drug-likeness (QED) is 0.425. The number of rotatable bonds is 7. The molecule has 1 saturated heterocycles. The van der Waals surface area contributed by atoms with Crippen molar-refractivity contribution in [1.82, 2.24) is 30.1 Å². The number of pyridine rings is 1. The third-order valence-corrected chi connectivity index (χ3v) is 6.96. The van der Waals surface area contributed by atoms with Gasteiger partial charge in [0.05, 0.1) is 13.2 Å². The third kappa shape index (κ3) is 4.74. The Morgan fingerprint density at radius 2 is 1.78 bits per heavy atom. The van der Waals surface area contributed by atoms with E-state index in [0.29, 0.717) is 37.6 Å². The number of methoxy groups -OCH3 is 1. The summed E-state index contributed by atoms with van der Waals surface area (Å²) in [5, 5.41) is 13.4. The normalized spacial score (nSPS) is 15.5. The number of hydrogen-bond donors (Lipinski definition) is 1. The second kappa shape index (κ2) is 10.2. The summed E-state index contributed by atoms with van der Waals surface area (Å²) in [5.41, 5.74) is 4.53. The molecule has 1 N–H and O–H groups in total. The molecule has 1 aliphatic heterocycles. The Bertz CT molecular complexity index is 1410. The predicted molar refractivity (Wildman–Crippen MR) is 136 cm³/mol. The van der Waals surface area contributed by atoms with Crippen LogP contribution in [0.25, 0.3) is 10.9 Å². The number of halogens is 1. The van der Waals surface area contributed by atoms with Crippen molar-refractivity contribution >= 4 is 16.6 Å². The highest BCUT2D eigenvalue weighted by atomic mass is 19.1. The van der Waals surface area contributed by atoms with Gasteiger partial charge in [0.15, 0.2) is 5.82 Å². The molecular formula is C26H30FN7O2. The van der Waals surface area contributed by atoms with Gasteiger partial charge in [-0.25, -0.2) is 9.07 Å². The lowest BCUT2D eigenvalue weighted by molar-refractivity contribution is 0.171. The van der Waals surface area contributed by atoms with Crippen LogP contribution in [0.4, 0.5) is 10.1 Å². The Morgan fingerprint density at radius 1 is 1.06 bits per heavy atom. The SMILES string of the molecule is COCCn1nnnc1[C@@H](c1cc2cc(C)c(C)cc2[nH]c1=O)N1CCN(c2ccc(F)cc2)CC1. The maximum atomic E-state index is 13.4. The molecule has 1 fully saturated rings.